The lowest BCUT2D eigenvalue weighted by Gasteiger charge is -2.08. The zero-order chi connectivity index (χ0) is 17.5. The minimum Gasteiger partial charge on any atom is -0.383 e. The van der Waals surface area contributed by atoms with Gasteiger partial charge in [0.15, 0.2) is 0 Å². The molecular formula is C20H18FN3O. The highest BCUT2D eigenvalue weighted by Crippen LogP contribution is 2.17. The molecule has 3 aromatic rings. The number of amides is 1. The number of carbonyl (C=O) groups is 1. The van der Waals surface area contributed by atoms with Crippen molar-refractivity contribution in [2.75, 3.05) is 18.4 Å². The lowest BCUT2D eigenvalue weighted by molar-refractivity contribution is 0.0955. The van der Waals surface area contributed by atoms with Crippen molar-refractivity contribution in [1.29, 1.82) is 0 Å². The summed E-state index contributed by atoms with van der Waals surface area (Å²) in [7, 11) is 0. The topological polar surface area (TPSA) is 54.0 Å². The number of carbonyl (C=O) groups excluding carboxylic acids is 1. The number of para-hydroxylation sites is 1. The molecule has 4 nitrogen and oxygen atoms in total. The van der Waals surface area contributed by atoms with Gasteiger partial charge < -0.3 is 10.6 Å². The molecule has 0 unspecified atom stereocenters. The molecule has 0 bridgehead atoms. The summed E-state index contributed by atoms with van der Waals surface area (Å²) < 4.78 is 13.3. The van der Waals surface area contributed by atoms with Gasteiger partial charge in [-0.1, -0.05) is 30.3 Å². The van der Waals surface area contributed by atoms with Crippen molar-refractivity contribution >= 4 is 11.6 Å². The number of nitrogens with one attached hydrogen (secondary N) is 2. The number of benzene rings is 2. The fourth-order valence-corrected chi connectivity index (χ4v) is 2.39. The lowest BCUT2D eigenvalue weighted by atomic mass is 10.1. The third-order valence-electron chi connectivity index (χ3n) is 3.66. The Kier molecular flexibility index (Phi) is 5.36. The van der Waals surface area contributed by atoms with Gasteiger partial charge in [0.05, 0.1) is 11.3 Å². The standard InChI is InChI=1S/C20H18FN3O/c21-17-6-4-5-15(13-17)19-10-9-16(14-24-19)20(25)23-12-11-22-18-7-2-1-3-8-18/h1-10,13-14,22H,11-12H2,(H,23,25). The predicted octanol–water partition coefficient (Wildman–Crippen LogP) is 3.73. The Balaban J connectivity index is 1.52. The van der Waals surface area contributed by atoms with Crippen LogP contribution < -0.4 is 10.6 Å². The number of aromatic nitrogens is 1. The third-order valence-corrected chi connectivity index (χ3v) is 3.66. The molecule has 2 N–H and O–H groups in total. The van der Waals surface area contributed by atoms with Crippen LogP contribution in [0.4, 0.5) is 10.1 Å². The second-order valence-corrected chi connectivity index (χ2v) is 5.49. The van der Waals surface area contributed by atoms with Gasteiger partial charge in [-0.25, -0.2) is 4.39 Å². The maximum atomic E-state index is 13.3. The first kappa shape index (κ1) is 16.6. The quantitative estimate of drug-likeness (QED) is 0.675. The molecular weight excluding hydrogens is 317 g/mol. The van der Waals surface area contributed by atoms with E-state index in [1.165, 1.54) is 18.3 Å². The molecule has 0 aliphatic heterocycles. The van der Waals surface area contributed by atoms with E-state index in [1.54, 1.807) is 24.3 Å². The normalized spacial score (nSPS) is 10.3. The van der Waals surface area contributed by atoms with Crippen LogP contribution in [0.1, 0.15) is 10.4 Å². The molecule has 0 saturated heterocycles. The van der Waals surface area contributed by atoms with Crippen molar-refractivity contribution in [2.45, 2.75) is 0 Å². The molecule has 5 heteroatoms. The molecule has 1 aromatic heterocycles. The molecule has 0 atom stereocenters. The fourth-order valence-electron chi connectivity index (χ4n) is 2.39. The summed E-state index contributed by atoms with van der Waals surface area (Å²) in [5.74, 6) is -0.500. The number of nitrogens with zero attached hydrogens (tertiary/aromatic N) is 1. The van der Waals surface area contributed by atoms with Crippen LogP contribution >= 0.6 is 0 Å². The molecule has 126 valence electrons. The highest BCUT2D eigenvalue weighted by molar-refractivity contribution is 5.94. The monoisotopic (exact) mass is 335 g/mol. The van der Waals surface area contributed by atoms with Crippen LogP contribution in [-0.4, -0.2) is 24.0 Å². The Bertz CT molecular complexity index is 835. The summed E-state index contributed by atoms with van der Waals surface area (Å²) >= 11 is 0. The van der Waals surface area contributed by atoms with Gasteiger partial charge in [-0.05, 0) is 36.4 Å². The number of hydrogen-bond acceptors (Lipinski definition) is 3. The summed E-state index contributed by atoms with van der Waals surface area (Å²) in [6.07, 6.45) is 1.50. The van der Waals surface area contributed by atoms with E-state index in [2.05, 4.69) is 15.6 Å². The van der Waals surface area contributed by atoms with Crippen LogP contribution in [0, 0.1) is 5.82 Å². The first-order chi connectivity index (χ1) is 12.2. The summed E-state index contributed by atoms with van der Waals surface area (Å²) in [6.45, 7) is 1.13. The summed E-state index contributed by atoms with van der Waals surface area (Å²) in [5, 5.41) is 6.06. The van der Waals surface area contributed by atoms with Gasteiger partial charge in [0, 0.05) is 30.5 Å². The number of pyridine rings is 1. The van der Waals surface area contributed by atoms with Gasteiger partial charge in [0.2, 0.25) is 0 Å². The summed E-state index contributed by atoms with van der Waals surface area (Å²) in [5.41, 5.74) is 2.79. The fraction of sp³-hybridized carbons (Fsp3) is 0.100. The molecule has 2 aromatic carbocycles. The zero-order valence-electron chi connectivity index (χ0n) is 13.6. The van der Waals surface area contributed by atoms with Crippen molar-refractivity contribution in [3.05, 3.63) is 84.3 Å². The van der Waals surface area contributed by atoms with E-state index >= 15 is 0 Å². The number of hydrogen-bond donors (Lipinski definition) is 2. The SMILES string of the molecule is O=C(NCCNc1ccccc1)c1ccc(-c2cccc(F)c2)nc1. The Labute approximate surface area is 145 Å². The van der Waals surface area contributed by atoms with E-state index in [0.29, 0.717) is 29.9 Å². The van der Waals surface area contributed by atoms with E-state index in [-0.39, 0.29) is 11.7 Å². The Morgan fingerprint density at radius 3 is 2.52 bits per heavy atom. The smallest absolute Gasteiger partial charge is 0.252 e. The first-order valence-corrected chi connectivity index (χ1v) is 8.01. The van der Waals surface area contributed by atoms with Crippen LogP contribution in [0.2, 0.25) is 0 Å². The molecule has 0 spiro atoms. The molecule has 3 rings (SSSR count). The molecule has 1 amide bonds. The van der Waals surface area contributed by atoms with Gasteiger partial charge in [-0.3, -0.25) is 9.78 Å². The predicted molar refractivity (Wildman–Crippen MR) is 96.9 cm³/mol. The minimum atomic E-state index is -0.313. The molecule has 1 heterocycles. The van der Waals surface area contributed by atoms with E-state index in [0.717, 1.165) is 5.69 Å². The van der Waals surface area contributed by atoms with Gasteiger partial charge in [0.1, 0.15) is 5.82 Å². The molecule has 0 aliphatic carbocycles. The van der Waals surface area contributed by atoms with Crippen molar-refractivity contribution in [1.82, 2.24) is 10.3 Å². The van der Waals surface area contributed by atoms with Gasteiger partial charge >= 0.3 is 0 Å². The van der Waals surface area contributed by atoms with Crippen LogP contribution in [0.25, 0.3) is 11.3 Å². The van der Waals surface area contributed by atoms with Crippen molar-refractivity contribution in [3.63, 3.8) is 0 Å². The number of halogens is 1. The number of anilines is 1. The van der Waals surface area contributed by atoms with E-state index in [1.807, 2.05) is 30.3 Å². The highest BCUT2D eigenvalue weighted by Gasteiger charge is 2.07. The Hall–Kier alpha value is -3.21. The van der Waals surface area contributed by atoms with Crippen LogP contribution in [0.5, 0.6) is 0 Å². The molecule has 0 saturated carbocycles. The Morgan fingerprint density at radius 2 is 1.80 bits per heavy atom. The van der Waals surface area contributed by atoms with E-state index < -0.39 is 0 Å². The second kappa shape index (κ2) is 8.06. The van der Waals surface area contributed by atoms with Crippen LogP contribution in [-0.2, 0) is 0 Å². The average Bonchev–Trinajstić information content (AvgIpc) is 2.66. The molecule has 0 radical (unpaired) electrons. The lowest BCUT2D eigenvalue weighted by Crippen LogP contribution is -2.28. The van der Waals surface area contributed by atoms with Gasteiger partial charge in [-0.15, -0.1) is 0 Å². The van der Waals surface area contributed by atoms with Crippen molar-refractivity contribution in [2.24, 2.45) is 0 Å². The largest absolute Gasteiger partial charge is 0.383 e. The van der Waals surface area contributed by atoms with Crippen molar-refractivity contribution in [3.8, 4) is 11.3 Å². The highest BCUT2D eigenvalue weighted by atomic mass is 19.1. The second-order valence-electron chi connectivity index (χ2n) is 5.49. The third kappa shape index (κ3) is 4.64. The molecule has 0 aliphatic rings. The molecule has 0 fully saturated rings. The van der Waals surface area contributed by atoms with Crippen molar-refractivity contribution < 1.29 is 9.18 Å². The Morgan fingerprint density at radius 1 is 0.960 bits per heavy atom. The summed E-state index contributed by atoms with van der Waals surface area (Å²) in [6, 6.07) is 19.4. The van der Waals surface area contributed by atoms with Crippen LogP contribution in [0.3, 0.4) is 0 Å². The van der Waals surface area contributed by atoms with Crippen LogP contribution in [0.15, 0.2) is 72.9 Å². The maximum absolute atomic E-state index is 13.3. The summed E-state index contributed by atoms with van der Waals surface area (Å²) in [4.78, 5) is 16.4. The number of rotatable bonds is 6. The minimum absolute atomic E-state index is 0.187. The molecule has 25 heavy (non-hydrogen) atoms. The van der Waals surface area contributed by atoms with E-state index in [4.69, 9.17) is 0 Å². The van der Waals surface area contributed by atoms with Gasteiger partial charge in [0.25, 0.3) is 5.91 Å². The maximum Gasteiger partial charge on any atom is 0.252 e. The zero-order valence-corrected chi connectivity index (χ0v) is 13.6. The first-order valence-electron chi connectivity index (χ1n) is 8.01. The van der Waals surface area contributed by atoms with E-state index in [9.17, 15) is 9.18 Å². The average molecular weight is 335 g/mol. The van der Waals surface area contributed by atoms with Gasteiger partial charge in [-0.2, -0.15) is 0 Å².